The van der Waals surface area contributed by atoms with Crippen LogP contribution < -0.4 is 9.04 Å². The van der Waals surface area contributed by atoms with Gasteiger partial charge in [0.1, 0.15) is 17.3 Å². The van der Waals surface area contributed by atoms with Gasteiger partial charge in [0.05, 0.1) is 17.1 Å². The van der Waals surface area contributed by atoms with E-state index >= 15 is 0 Å². The number of aryl methyl sites for hydroxylation is 2. The number of nitrogens with zero attached hydrogens (tertiary/aromatic N) is 3. The van der Waals surface area contributed by atoms with Crippen molar-refractivity contribution in [3.05, 3.63) is 35.7 Å². The quantitative estimate of drug-likeness (QED) is 0.753. The van der Waals surface area contributed by atoms with E-state index in [4.69, 9.17) is 11.2 Å². The second kappa shape index (κ2) is 6.97. The Hall–Kier alpha value is -2.46. The van der Waals surface area contributed by atoms with Crippen LogP contribution in [0.15, 0.2) is 29.2 Å². The van der Waals surface area contributed by atoms with Gasteiger partial charge in [-0.3, -0.25) is 8.99 Å². The van der Waals surface area contributed by atoms with Crippen molar-refractivity contribution in [3.63, 3.8) is 0 Å². The van der Waals surface area contributed by atoms with Gasteiger partial charge in [0, 0.05) is 13.6 Å². The third-order valence-electron chi connectivity index (χ3n) is 3.76. The third-order valence-corrected chi connectivity index (χ3v) is 5.79. The van der Waals surface area contributed by atoms with E-state index in [1.807, 2.05) is 6.92 Å². The number of terminal acetylenes is 1. The molecule has 1 heterocycles. The van der Waals surface area contributed by atoms with Crippen LogP contribution in [0, 0.1) is 26.2 Å². The highest BCUT2D eigenvalue weighted by atomic mass is 32.2. The van der Waals surface area contributed by atoms with Gasteiger partial charge in [0.25, 0.3) is 10.0 Å². The van der Waals surface area contributed by atoms with Crippen LogP contribution in [0.3, 0.4) is 0 Å². The van der Waals surface area contributed by atoms with Gasteiger partial charge in [0.2, 0.25) is 0 Å². The molecule has 2 aromatic rings. The zero-order chi connectivity index (χ0) is 17.9. The summed E-state index contributed by atoms with van der Waals surface area (Å²) in [5, 5.41) is 4.29. The van der Waals surface area contributed by atoms with Crippen LogP contribution in [-0.2, 0) is 16.6 Å². The van der Waals surface area contributed by atoms with E-state index < -0.39 is 10.0 Å². The smallest absolute Gasteiger partial charge is 0.267 e. The number of rotatable bonds is 6. The zero-order valence-corrected chi connectivity index (χ0v) is 15.1. The minimum atomic E-state index is -3.70. The molecule has 7 heteroatoms. The first kappa shape index (κ1) is 17.9. The molecule has 24 heavy (non-hydrogen) atoms. The molecular formula is C17H21N3O3S. The summed E-state index contributed by atoms with van der Waals surface area (Å²) in [6, 6.07) is 6.73. The Balaban J connectivity index is 2.36. The first-order valence-electron chi connectivity index (χ1n) is 7.52. The van der Waals surface area contributed by atoms with E-state index in [-0.39, 0.29) is 11.5 Å². The van der Waals surface area contributed by atoms with Gasteiger partial charge < -0.3 is 4.74 Å². The topological polar surface area (TPSA) is 64.4 Å². The predicted octanol–water partition coefficient (Wildman–Crippen LogP) is 2.36. The van der Waals surface area contributed by atoms with Crippen molar-refractivity contribution in [1.82, 2.24) is 9.78 Å². The molecule has 0 radical (unpaired) electrons. The molecule has 0 atom stereocenters. The van der Waals surface area contributed by atoms with E-state index in [0.717, 1.165) is 0 Å². The fourth-order valence-electron chi connectivity index (χ4n) is 2.51. The van der Waals surface area contributed by atoms with Gasteiger partial charge in [-0.2, -0.15) is 5.10 Å². The van der Waals surface area contributed by atoms with Crippen molar-refractivity contribution in [1.29, 1.82) is 0 Å². The zero-order valence-electron chi connectivity index (χ0n) is 14.3. The highest BCUT2D eigenvalue weighted by Crippen LogP contribution is 2.28. The first-order chi connectivity index (χ1) is 11.3. The molecule has 0 aliphatic heterocycles. The number of hydrogen-bond donors (Lipinski definition) is 0. The first-order valence-corrected chi connectivity index (χ1v) is 8.96. The van der Waals surface area contributed by atoms with E-state index in [1.54, 1.807) is 42.8 Å². The van der Waals surface area contributed by atoms with E-state index in [2.05, 4.69) is 11.0 Å². The summed E-state index contributed by atoms with van der Waals surface area (Å²) in [6.07, 6.45) is 5.15. The summed E-state index contributed by atoms with van der Waals surface area (Å²) in [4.78, 5) is 0.250. The number of benzene rings is 1. The normalized spacial score (nSPS) is 11.1. The molecule has 0 aliphatic rings. The largest absolute Gasteiger partial charge is 0.481 e. The second-order valence-electron chi connectivity index (χ2n) is 5.27. The highest BCUT2D eigenvalue weighted by molar-refractivity contribution is 7.92. The summed E-state index contributed by atoms with van der Waals surface area (Å²) in [5.41, 5.74) is 1.66. The molecular weight excluding hydrogens is 326 g/mol. The molecule has 1 aromatic carbocycles. The lowest BCUT2D eigenvalue weighted by Gasteiger charge is -2.20. The monoisotopic (exact) mass is 347 g/mol. The van der Waals surface area contributed by atoms with Gasteiger partial charge in [-0.1, -0.05) is 5.92 Å². The lowest BCUT2D eigenvalue weighted by Crippen LogP contribution is -2.27. The molecule has 0 unspecified atom stereocenters. The SMILES string of the molecule is C#CCOc1ccc(N(C)S(=O)(=O)c2c(C)nn(CC)c2C)cc1. The van der Waals surface area contributed by atoms with E-state index in [0.29, 0.717) is 29.4 Å². The molecule has 0 aliphatic carbocycles. The van der Waals surface area contributed by atoms with Crippen LogP contribution in [0.5, 0.6) is 5.75 Å². The minimum absolute atomic E-state index is 0.169. The third kappa shape index (κ3) is 3.24. The molecule has 2 rings (SSSR count). The minimum Gasteiger partial charge on any atom is -0.481 e. The van der Waals surface area contributed by atoms with Crippen LogP contribution in [0.25, 0.3) is 0 Å². The lowest BCUT2D eigenvalue weighted by atomic mass is 10.3. The van der Waals surface area contributed by atoms with Gasteiger partial charge in [-0.15, -0.1) is 6.42 Å². The number of ether oxygens (including phenoxy) is 1. The van der Waals surface area contributed by atoms with E-state index in [9.17, 15) is 8.42 Å². The predicted molar refractivity (Wildman–Crippen MR) is 93.7 cm³/mol. The van der Waals surface area contributed by atoms with Crippen LogP contribution in [-0.4, -0.2) is 31.9 Å². The fraction of sp³-hybridized carbons (Fsp3) is 0.353. The van der Waals surface area contributed by atoms with Gasteiger partial charge in [-0.25, -0.2) is 8.42 Å². The molecule has 6 nitrogen and oxygen atoms in total. The Morgan fingerprint density at radius 2 is 1.92 bits per heavy atom. The summed E-state index contributed by atoms with van der Waals surface area (Å²) >= 11 is 0. The Labute approximate surface area is 143 Å². The molecule has 0 N–H and O–H groups in total. The maximum absolute atomic E-state index is 13.0. The number of hydrogen-bond acceptors (Lipinski definition) is 4. The molecule has 1 aromatic heterocycles. The van der Waals surface area contributed by atoms with Gasteiger partial charge in [-0.05, 0) is 45.0 Å². The van der Waals surface area contributed by atoms with Crippen molar-refractivity contribution < 1.29 is 13.2 Å². The summed E-state index contributed by atoms with van der Waals surface area (Å²) in [6.45, 7) is 6.18. The summed E-state index contributed by atoms with van der Waals surface area (Å²) < 4.78 is 34.2. The van der Waals surface area contributed by atoms with Crippen molar-refractivity contribution in [2.75, 3.05) is 18.0 Å². The van der Waals surface area contributed by atoms with Crippen molar-refractivity contribution in [2.24, 2.45) is 0 Å². The lowest BCUT2D eigenvalue weighted by molar-refractivity contribution is 0.370. The van der Waals surface area contributed by atoms with Crippen LogP contribution in [0.4, 0.5) is 5.69 Å². The highest BCUT2D eigenvalue weighted by Gasteiger charge is 2.28. The molecule has 128 valence electrons. The molecule has 0 bridgehead atoms. The number of anilines is 1. The maximum Gasteiger partial charge on any atom is 0.267 e. The second-order valence-corrected chi connectivity index (χ2v) is 7.18. The molecule has 0 spiro atoms. The van der Waals surface area contributed by atoms with Crippen molar-refractivity contribution >= 4 is 15.7 Å². The van der Waals surface area contributed by atoms with Crippen LogP contribution in [0.1, 0.15) is 18.3 Å². The summed E-state index contributed by atoms with van der Waals surface area (Å²) in [7, 11) is -2.17. The standard InChI is InChI=1S/C17H21N3O3S/c1-6-12-23-16-10-8-15(9-11-16)19(5)24(21,22)17-13(3)18-20(7-2)14(17)4/h1,8-11H,7,12H2,2-5H3. The number of sulfonamides is 1. The molecule has 0 fully saturated rings. The Morgan fingerprint density at radius 3 is 2.42 bits per heavy atom. The van der Waals surface area contributed by atoms with Crippen LogP contribution >= 0.6 is 0 Å². The maximum atomic E-state index is 13.0. The number of aromatic nitrogens is 2. The van der Waals surface area contributed by atoms with Crippen molar-refractivity contribution in [3.8, 4) is 18.1 Å². The van der Waals surface area contributed by atoms with E-state index in [1.165, 1.54) is 11.4 Å². The Bertz CT molecular complexity index is 862. The Morgan fingerprint density at radius 1 is 1.29 bits per heavy atom. The van der Waals surface area contributed by atoms with Crippen molar-refractivity contribution in [2.45, 2.75) is 32.2 Å². The van der Waals surface area contributed by atoms with Gasteiger partial charge in [0.15, 0.2) is 0 Å². The van der Waals surface area contributed by atoms with Gasteiger partial charge >= 0.3 is 0 Å². The summed E-state index contributed by atoms with van der Waals surface area (Å²) in [5.74, 6) is 2.97. The fourth-order valence-corrected chi connectivity index (χ4v) is 4.08. The Kier molecular flexibility index (Phi) is 5.20. The molecule has 0 amide bonds. The van der Waals surface area contributed by atoms with Crippen LogP contribution in [0.2, 0.25) is 0 Å². The average Bonchev–Trinajstić information content (AvgIpc) is 2.87. The molecule has 0 saturated carbocycles. The average molecular weight is 347 g/mol. The molecule has 0 saturated heterocycles.